The summed E-state index contributed by atoms with van der Waals surface area (Å²) < 4.78 is 5.91. The molecule has 76 valence electrons. The van der Waals surface area contributed by atoms with Gasteiger partial charge in [0.1, 0.15) is 11.9 Å². The molecule has 1 aliphatic heterocycles. The maximum atomic E-state index is 5.91. The Bertz CT molecular complexity index is 307. The van der Waals surface area contributed by atoms with Gasteiger partial charge in [-0.1, -0.05) is 18.2 Å². The summed E-state index contributed by atoms with van der Waals surface area (Å²) in [4.78, 5) is 0. The number of benzene rings is 1. The predicted octanol–water partition coefficient (Wildman–Crippen LogP) is 1.98. The first-order valence-corrected chi connectivity index (χ1v) is 5.20. The average molecular weight is 191 g/mol. The van der Waals surface area contributed by atoms with Crippen molar-refractivity contribution < 1.29 is 4.74 Å². The Hall–Kier alpha value is -1.02. The van der Waals surface area contributed by atoms with E-state index in [0.717, 1.165) is 18.8 Å². The van der Waals surface area contributed by atoms with Crippen molar-refractivity contribution in [3.8, 4) is 5.75 Å². The molecular formula is C12H17NO. The summed E-state index contributed by atoms with van der Waals surface area (Å²) in [5.74, 6) is 1.70. The van der Waals surface area contributed by atoms with E-state index in [4.69, 9.17) is 4.74 Å². The first-order chi connectivity index (χ1) is 6.77. The van der Waals surface area contributed by atoms with Gasteiger partial charge in [0.05, 0.1) is 0 Å². The molecule has 1 aromatic rings. The Kier molecular flexibility index (Phi) is 2.73. The summed E-state index contributed by atoms with van der Waals surface area (Å²) in [6.07, 6.45) is 0.317. The lowest BCUT2D eigenvalue weighted by Gasteiger charge is -2.32. The fraction of sp³-hybridized carbons (Fsp3) is 0.500. The van der Waals surface area contributed by atoms with Gasteiger partial charge in [0.2, 0.25) is 0 Å². The zero-order valence-corrected chi connectivity index (χ0v) is 8.79. The lowest BCUT2D eigenvalue weighted by Crippen LogP contribution is -2.49. The third-order valence-electron chi connectivity index (χ3n) is 2.88. The number of hydrogen-bond donors (Lipinski definition) is 1. The van der Waals surface area contributed by atoms with Gasteiger partial charge in [0, 0.05) is 19.0 Å². The number of nitrogens with one attached hydrogen (secondary N) is 1. The van der Waals surface area contributed by atoms with Crippen molar-refractivity contribution in [3.05, 3.63) is 29.8 Å². The van der Waals surface area contributed by atoms with Crippen molar-refractivity contribution >= 4 is 0 Å². The van der Waals surface area contributed by atoms with E-state index in [1.807, 2.05) is 18.2 Å². The van der Waals surface area contributed by atoms with Crippen LogP contribution in [0.1, 0.15) is 12.5 Å². The first-order valence-electron chi connectivity index (χ1n) is 5.20. The highest BCUT2D eigenvalue weighted by molar-refractivity contribution is 5.31. The Labute approximate surface area is 85.3 Å². The second-order valence-corrected chi connectivity index (χ2v) is 4.01. The van der Waals surface area contributed by atoms with Crippen LogP contribution in [0, 0.1) is 12.8 Å². The maximum Gasteiger partial charge on any atom is 0.122 e. The summed E-state index contributed by atoms with van der Waals surface area (Å²) in [6.45, 7) is 6.42. The van der Waals surface area contributed by atoms with E-state index in [1.54, 1.807) is 0 Å². The highest BCUT2D eigenvalue weighted by atomic mass is 16.5. The molecule has 0 spiro atoms. The number of para-hydroxylation sites is 1. The molecule has 0 saturated carbocycles. The van der Waals surface area contributed by atoms with Crippen molar-refractivity contribution in [1.29, 1.82) is 0 Å². The van der Waals surface area contributed by atoms with Gasteiger partial charge in [-0.3, -0.25) is 0 Å². The Morgan fingerprint density at radius 3 is 2.64 bits per heavy atom. The fourth-order valence-corrected chi connectivity index (χ4v) is 1.63. The van der Waals surface area contributed by atoms with Crippen LogP contribution in [0.3, 0.4) is 0 Å². The topological polar surface area (TPSA) is 21.3 Å². The van der Waals surface area contributed by atoms with Crippen molar-refractivity contribution in [2.75, 3.05) is 13.1 Å². The predicted molar refractivity (Wildman–Crippen MR) is 57.6 cm³/mol. The minimum atomic E-state index is 0.317. The Morgan fingerprint density at radius 1 is 1.36 bits per heavy atom. The van der Waals surface area contributed by atoms with E-state index in [2.05, 4.69) is 25.2 Å². The van der Waals surface area contributed by atoms with Crippen LogP contribution >= 0.6 is 0 Å². The van der Waals surface area contributed by atoms with Gasteiger partial charge in [-0.25, -0.2) is 0 Å². The van der Waals surface area contributed by atoms with Gasteiger partial charge in [-0.05, 0) is 25.5 Å². The minimum Gasteiger partial charge on any atom is -0.490 e. The molecule has 0 bridgehead atoms. The fourth-order valence-electron chi connectivity index (χ4n) is 1.63. The molecule has 1 fully saturated rings. The maximum absolute atomic E-state index is 5.91. The molecule has 1 saturated heterocycles. The van der Waals surface area contributed by atoms with Gasteiger partial charge in [0.15, 0.2) is 0 Å². The third-order valence-corrected chi connectivity index (χ3v) is 2.88. The van der Waals surface area contributed by atoms with Crippen LogP contribution in [0.2, 0.25) is 0 Å². The van der Waals surface area contributed by atoms with E-state index in [-0.39, 0.29) is 0 Å². The summed E-state index contributed by atoms with van der Waals surface area (Å²) in [7, 11) is 0. The molecule has 2 rings (SSSR count). The van der Waals surface area contributed by atoms with Crippen LogP contribution in [0.4, 0.5) is 0 Å². The van der Waals surface area contributed by atoms with E-state index in [0.29, 0.717) is 12.0 Å². The van der Waals surface area contributed by atoms with E-state index < -0.39 is 0 Å². The smallest absolute Gasteiger partial charge is 0.122 e. The van der Waals surface area contributed by atoms with Crippen LogP contribution in [0.15, 0.2) is 24.3 Å². The van der Waals surface area contributed by atoms with Crippen LogP contribution in [0.5, 0.6) is 5.75 Å². The second kappa shape index (κ2) is 4.01. The molecule has 2 heteroatoms. The number of aryl methyl sites for hydroxylation is 1. The molecule has 1 aromatic carbocycles. The Balaban J connectivity index is 1.99. The second-order valence-electron chi connectivity index (χ2n) is 4.01. The van der Waals surface area contributed by atoms with Gasteiger partial charge in [-0.2, -0.15) is 0 Å². The number of hydrogen-bond acceptors (Lipinski definition) is 2. The molecule has 1 atom stereocenters. The van der Waals surface area contributed by atoms with Gasteiger partial charge in [0.25, 0.3) is 0 Å². The summed E-state index contributed by atoms with van der Waals surface area (Å²) in [6, 6.07) is 8.19. The monoisotopic (exact) mass is 191 g/mol. The SMILES string of the molecule is Cc1ccccc1OC(C)C1CNC1. The van der Waals surface area contributed by atoms with Crippen molar-refractivity contribution in [3.63, 3.8) is 0 Å². The average Bonchev–Trinajstić information content (AvgIpc) is 2.05. The summed E-state index contributed by atoms with van der Waals surface area (Å²) in [5.41, 5.74) is 1.21. The molecular weight excluding hydrogens is 174 g/mol. The molecule has 0 radical (unpaired) electrons. The normalized spacial score (nSPS) is 18.7. The molecule has 1 aliphatic rings. The zero-order valence-electron chi connectivity index (χ0n) is 8.79. The van der Waals surface area contributed by atoms with Gasteiger partial charge in [-0.15, -0.1) is 0 Å². The van der Waals surface area contributed by atoms with Crippen molar-refractivity contribution in [2.24, 2.45) is 5.92 Å². The summed E-state index contributed by atoms with van der Waals surface area (Å²) in [5, 5.41) is 3.26. The van der Waals surface area contributed by atoms with E-state index in [9.17, 15) is 0 Å². The molecule has 14 heavy (non-hydrogen) atoms. The van der Waals surface area contributed by atoms with Crippen LogP contribution in [-0.2, 0) is 0 Å². The van der Waals surface area contributed by atoms with Crippen LogP contribution in [0.25, 0.3) is 0 Å². The minimum absolute atomic E-state index is 0.317. The molecule has 1 heterocycles. The van der Waals surface area contributed by atoms with Gasteiger partial charge < -0.3 is 10.1 Å². The van der Waals surface area contributed by atoms with Crippen LogP contribution in [-0.4, -0.2) is 19.2 Å². The van der Waals surface area contributed by atoms with Crippen LogP contribution < -0.4 is 10.1 Å². The molecule has 0 aromatic heterocycles. The molecule has 0 amide bonds. The van der Waals surface area contributed by atoms with E-state index >= 15 is 0 Å². The number of rotatable bonds is 3. The lowest BCUT2D eigenvalue weighted by atomic mass is 9.97. The zero-order chi connectivity index (χ0) is 9.97. The van der Waals surface area contributed by atoms with E-state index in [1.165, 1.54) is 5.56 Å². The van der Waals surface area contributed by atoms with Crippen molar-refractivity contribution in [2.45, 2.75) is 20.0 Å². The Morgan fingerprint density at radius 2 is 2.07 bits per heavy atom. The highest BCUT2D eigenvalue weighted by Crippen LogP contribution is 2.21. The molecule has 0 aliphatic carbocycles. The molecule has 1 N–H and O–H groups in total. The quantitative estimate of drug-likeness (QED) is 0.788. The summed E-state index contributed by atoms with van der Waals surface area (Å²) >= 11 is 0. The standard InChI is InChI=1S/C12H17NO/c1-9-5-3-4-6-12(9)14-10(2)11-7-13-8-11/h3-6,10-11,13H,7-8H2,1-2H3. The van der Waals surface area contributed by atoms with Gasteiger partial charge >= 0.3 is 0 Å². The largest absolute Gasteiger partial charge is 0.490 e. The molecule has 1 unspecified atom stereocenters. The lowest BCUT2D eigenvalue weighted by molar-refractivity contribution is 0.114. The van der Waals surface area contributed by atoms with Crippen molar-refractivity contribution in [1.82, 2.24) is 5.32 Å². The molecule has 2 nitrogen and oxygen atoms in total. The highest BCUT2D eigenvalue weighted by Gasteiger charge is 2.25. The first kappa shape index (κ1) is 9.53. The number of ether oxygens (including phenoxy) is 1. The third kappa shape index (κ3) is 1.90.